The van der Waals surface area contributed by atoms with Gasteiger partial charge in [-0.1, -0.05) is 0 Å². The van der Waals surface area contributed by atoms with E-state index in [4.69, 9.17) is 4.74 Å². The Morgan fingerprint density at radius 2 is 2.00 bits per heavy atom. The van der Waals surface area contributed by atoms with Gasteiger partial charge in [0.05, 0.1) is 0 Å². The van der Waals surface area contributed by atoms with Gasteiger partial charge in [-0.3, -0.25) is 5.10 Å². The topological polar surface area (TPSA) is 70.2 Å². The molecule has 3 heterocycles. The highest BCUT2D eigenvalue weighted by molar-refractivity contribution is 5.34. The number of rotatable bonds is 4. The number of ether oxygens (including phenoxy) is 1. The summed E-state index contributed by atoms with van der Waals surface area (Å²) in [6.07, 6.45) is 4.22. The quantitative estimate of drug-likeness (QED) is 0.925. The van der Waals surface area contributed by atoms with Crippen molar-refractivity contribution in [2.45, 2.75) is 18.8 Å². The van der Waals surface area contributed by atoms with Crippen molar-refractivity contribution in [3.05, 3.63) is 24.0 Å². The van der Waals surface area contributed by atoms with Crippen LogP contribution in [0.15, 0.2) is 18.3 Å². The van der Waals surface area contributed by atoms with Gasteiger partial charge < -0.3 is 14.5 Å². The lowest BCUT2D eigenvalue weighted by atomic mass is 10.3. The van der Waals surface area contributed by atoms with Crippen molar-refractivity contribution in [2.75, 3.05) is 38.1 Å². The van der Waals surface area contributed by atoms with E-state index < -0.39 is 0 Å². The number of hydrogen-bond acceptors (Lipinski definition) is 6. The van der Waals surface area contributed by atoms with Crippen molar-refractivity contribution >= 4 is 5.95 Å². The lowest BCUT2D eigenvalue weighted by Gasteiger charge is -2.32. The van der Waals surface area contributed by atoms with Gasteiger partial charge in [-0.05, 0) is 19.9 Å². The summed E-state index contributed by atoms with van der Waals surface area (Å²) in [5.74, 6) is 2.47. The van der Waals surface area contributed by atoms with E-state index in [0.717, 1.165) is 37.8 Å². The van der Waals surface area contributed by atoms with E-state index >= 15 is 0 Å². The lowest BCUT2D eigenvalue weighted by Crippen LogP contribution is -2.45. The number of likely N-dealkylation sites (N-methyl/N-ethyl adjacent to an activating group) is 1. The number of aromatic amines is 1. The fourth-order valence-electron chi connectivity index (χ4n) is 2.63. The summed E-state index contributed by atoms with van der Waals surface area (Å²) in [4.78, 5) is 13.4. The molecule has 0 radical (unpaired) electrons. The summed E-state index contributed by atoms with van der Waals surface area (Å²) in [5, 5.41) is 7.23. The summed E-state index contributed by atoms with van der Waals surface area (Å²) in [6, 6.07) is 3.74. The van der Waals surface area contributed by atoms with Crippen molar-refractivity contribution in [1.82, 2.24) is 25.1 Å². The maximum absolute atomic E-state index is 5.76. The molecule has 0 aromatic carbocycles. The van der Waals surface area contributed by atoms with Crippen LogP contribution in [0.2, 0.25) is 0 Å². The number of aromatic nitrogens is 4. The first kappa shape index (κ1) is 13.5. The fourth-order valence-corrected chi connectivity index (χ4v) is 2.63. The highest BCUT2D eigenvalue weighted by atomic mass is 16.5. The normalized spacial score (nSPS) is 19.4. The average Bonchev–Trinajstić information content (AvgIpc) is 3.29. The summed E-state index contributed by atoms with van der Waals surface area (Å²) < 4.78 is 5.76. The third-order valence-corrected chi connectivity index (χ3v) is 4.20. The largest absolute Gasteiger partial charge is 0.419 e. The molecule has 0 unspecified atom stereocenters. The third-order valence-electron chi connectivity index (χ3n) is 4.20. The monoisotopic (exact) mass is 300 g/mol. The number of piperazine rings is 1. The molecule has 22 heavy (non-hydrogen) atoms. The van der Waals surface area contributed by atoms with Crippen molar-refractivity contribution in [3.8, 4) is 11.8 Å². The standard InChI is InChI=1S/C15H20N6O/c1-20-6-8-21(9-7-20)15-16-5-4-13(17-15)22-14-10-12(18-19-14)11-2-3-11/h4-5,10-11H,2-3,6-9H2,1H3,(H,18,19). The number of nitrogens with one attached hydrogen (secondary N) is 1. The minimum atomic E-state index is 0.540. The number of anilines is 1. The molecule has 1 aliphatic heterocycles. The minimum Gasteiger partial charge on any atom is -0.419 e. The van der Waals surface area contributed by atoms with E-state index in [9.17, 15) is 0 Å². The van der Waals surface area contributed by atoms with Crippen LogP contribution in [-0.4, -0.2) is 58.3 Å². The second-order valence-electron chi connectivity index (χ2n) is 6.02. The van der Waals surface area contributed by atoms with Gasteiger partial charge in [-0.2, -0.15) is 4.98 Å². The number of hydrogen-bond donors (Lipinski definition) is 1. The molecule has 2 fully saturated rings. The maximum Gasteiger partial charge on any atom is 0.240 e. The number of H-pyrrole nitrogens is 1. The Morgan fingerprint density at radius 1 is 1.18 bits per heavy atom. The lowest BCUT2D eigenvalue weighted by molar-refractivity contribution is 0.310. The Labute approximate surface area is 129 Å². The first-order valence-corrected chi connectivity index (χ1v) is 7.77. The van der Waals surface area contributed by atoms with E-state index in [2.05, 4.69) is 37.0 Å². The van der Waals surface area contributed by atoms with Crippen LogP contribution in [0.4, 0.5) is 5.95 Å². The van der Waals surface area contributed by atoms with Gasteiger partial charge in [0.15, 0.2) is 0 Å². The number of nitrogens with zero attached hydrogens (tertiary/aromatic N) is 5. The molecule has 0 amide bonds. The summed E-state index contributed by atoms with van der Waals surface area (Å²) in [6.45, 7) is 3.93. The zero-order chi connectivity index (χ0) is 14.9. The van der Waals surface area contributed by atoms with Crippen molar-refractivity contribution in [2.24, 2.45) is 0 Å². The Balaban J connectivity index is 1.46. The van der Waals surface area contributed by atoms with Crippen LogP contribution in [0.1, 0.15) is 24.5 Å². The van der Waals surface area contributed by atoms with Crippen molar-refractivity contribution in [3.63, 3.8) is 0 Å². The first-order valence-electron chi connectivity index (χ1n) is 7.77. The molecule has 1 aliphatic carbocycles. The molecule has 1 N–H and O–H groups in total. The second-order valence-corrected chi connectivity index (χ2v) is 6.02. The molecule has 7 heteroatoms. The summed E-state index contributed by atoms with van der Waals surface area (Å²) in [7, 11) is 2.13. The Hall–Kier alpha value is -2.15. The molecule has 2 aliphatic rings. The smallest absolute Gasteiger partial charge is 0.240 e. The predicted molar refractivity (Wildman–Crippen MR) is 82.4 cm³/mol. The minimum absolute atomic E-state index is 0.540. The van der Waals surface area contributed by atoms with Gasteiger partial charge in [0.1, 0.15) is 0 Å². The SMILES string of the molecule is CN1CCN(c2nccc(Oc3cc(C4CC4)[nH]n3)n2)CC1. The fraction of sp³-hybridized carbons (Fsp3) is 0.533. The van der Waals surface area contributed by atoms with Crippen LogP contribution in [0, 0.1) is 0 Å². The van der Waals surface area contributed by atoms with Crippen LogP contribution >= 0.6 is 0 Å². The Kier molecular flexibility index (Phi) is 3.42. The average molecular weight is 300 g/mol. The Morgan fingerprint density at radius 3 is 2.77 bits per heavy atom. The molecule has 2 aromatic heterocycles. The highest BCUT2D eigenvalue weighted by Gasteiger charge is 2.26. The zero-order valence-corrected chi connectivity index (χ0v) is 12.7. The molecule has 1 saturated heterocycles. The molecular formula is C15H20N6O. The van der Waals surface area contributed by atoms with Crippen molar-refractivity contribution in [1.29, 1.82) is 0 Å². The van der Waals surface area contributed by atoms with Crippen LogP contribution < -0.4 is 9.64 Å². The zero-order valence-electron chi connectivity index (χ0n) is 12.7. The first-order chi connectivity index (χ1) is 10.8. The van der Waals surface area contributed by atoms with E-state index in [0.29, 0.717) is 17.7 Å². The highest BCUT2D eigenvalue weighted by Crippen LogP contribution is 2.40. The van der Waals surface area contributed by atoms with Crippen LogP contribution in [0.5, 0.6) is 11.8 Å². The van der Waals surface area contributed by atoms with E-state index in [1.54, 1.807) is 12.3 Å². The summed E-state index contributed by atoms with van der Waals surface area (Å²) in [5.41, 5.74) is 1.16. The van der Waals surface area contributed by atoms with Crippen LogP contribution in [-0.2, 0) is 0 Å². The van der Waals surface area contributed by atoms with E-state index in [1.807, 2.05) is 6.07 Å². The molecule has 116 valence electrons. The van der Waals surface area contributed by atoms with Gasteiger partial charge in [0.25, 0.3) is 0 Å². The predicted octanol–water partition coefficient (Wildman–Crippen LogP) is 1.62. The van der Waals surface area contributed by atoms with Crippen LogP contribution in [0.3, 0.4) is 0 Å². The second kappa shape index (κ2) is 5.57. The van der Waals surface area contributed by atoms with Gasteiger partial charge in [0, 0.05) is 56.1 Å². The molecular weight excluding hydrogens is 280 g/mol. The molecule has 0 bridgehead atoms. The molecule has 4 rings (SSSR count). The maximum atomic E-state index is 5.76. The van der Waals surface area contributed by atoms with Crippen molar-refractivity contribution < 1.29 is 4.74 Å². The van der Waals surface area contributed by atoms with Gasteiger partial charge in [-0.15, -0.1) is 5.10 Å². The van der Waals surface area contributed by atoms with E-state index in [1.165, 1.54) is 12.8 Å². The summed E-state index contributed by atoms with van der Waals surface area (Å²) >= 11 is 0. The molecule has 7 nitrogen and oxygen atoms in total. The van der Waals surface area contributed by atoms with Gasteiger partial charge in [0.2, 0.25) is 17.7 Å². The van der Waals surface area contributed by atoms with Crippen LogP contribution in [0.25, 0.3) is 0 Å². The third kappa shape index (κ3) is 2.89. The molecule has 2 aromatic rings. The molecule has 0 atom stereocenters. The molecule has 0 spiro atoms. The van der Waals surface area contributed by atoms with E-state index in [-0.39, 0.29) is 0 Å². The van der Waals surface area contributed by atoms with Gasteiger partial charge >= 0.3 is 0 Å². The molecule has 1 saturated carbocycles. The Bertz CT molecular complexity index is 645. The van der Waals surface area contributed by atoms with Gasteiger partial charge in [-0.25, -0.2) is 4.98 Å².